The molecule has 18 heavy (non-hydrogen) atoms. The van der Waals surface area contributed by atoms with E-state index in [0.717, 1.165) is 25.4 Å². The van der Waals surface area contributed by atoms with Gasteiger partial charge in [-0.1, -0.05) is 59.2 Å². The molecule has 1 unspecified atom stereocenters. The molecule has 108 valence electrons. The molecule has 0 aliphatic carbocycles. The Bertz CT molecular complexity index is 217. The molecular formula is C15H32N2S. The standard InChI is InChI=1S/C15H32N2S/c1-5-7-8-14(6-2)12-17(11-13(3)4)10-9-15(16)18/h13-14H,5-12H2,1-4H3,(H2,16,18). The van der Waals surface area contributed by atoms with E-state index in [1.54, 1.807) is 0 Å². The summed E-state index contributed by atoms with van der Waals surface area (Å²) in [6.45, 7) is 12.5. The number of unbranched alkanes of at least 4 members (excludes halogenated alkanes) is 1. The molecule has 0 spiro atoms. The van der Waals surface area contributed by atoms with E-state index in [2.05, 4.69) is 32.6 Å². The molecule has 0 rings (SSSR count). The Hall–Kier alpha value is -0.150. The fourth-order valence-corrected chi connectivity index (χ4v) is 2.42. The van der Waals surface area contributed by atoms with E-state index in [-0.39, 0.29) is 0 Å². The summed E-state index contributed by atoms with van der Waals surface area (Å²) in [5.74, 6) is 1.54. The van der Waals surface area contributed by atoms with Gasteiger partial charge in [0.2, 0.25) is 0 Å². The lowest BCUT2D eigenvalue weighted by Gasteiger charge is -2.28. The van der Waals surface area contributed by atoms with E-state index < -0.39 is 0 Å². The van der Waals surface area contributed by atoms with Crippen LogP contribution in [0, 0.1) is 11.8 Å². The number of hydrogen-bond acceptors (Lipinski definition) is 2. The highest BCUT2D eigenvalue weighted by molar-refractivity contribution is 7.80. The molecule has 0 bridgehead atoms. The van der Waals surface area contributed by atoms with Gasteiger partial charge in [-0.25, -0.2) is 0 Å². The van der Waals surface area contributed by atoms with Gasteiger partial charge in [0, 0.05) is 26.1 Å². The Balaban J connectivity index is 4.20. The SMILES string of the molecule is CCCCC(CC)CN(CCC(N)=S)CC(C)C. The van der Waals surface area contributed by atoms with E-state index in [9.17, 15) is 0 Å². The molecule has 0 heterocycles. The fourth-order valence-electron chi connectivity index (χ4n) is 2.32. The molecule has 0 fully saturated rings. The first-order chi connectivity index (χ1) is 8.49. The summed E-state index contributed by atoms with van der Waals surface area (Å²) >= 11 is 4.99. The zero-order valence-corrected chi connectivity index (χ0v) is 13.6. The van der Waals surface area contributed by atoms with E-state index in [4.69, 9.17) is 18.0 Å². The molecule has 3 heteroatoms. The molecule has 0 aromatic carbocycles. The van der Waals surface area contributed by atoms with Gasteiger partial charge in [-0.05, 0) is 18.3 Å². The van der Waals surface area contributed by atoms with Crippen molar-refractivity contribution in [3.8, 4) is 0 Å². The van der Waals surface area contributed by atoms with Gasteiger partial charge in [-0.2, -0.15) is 0 Å². The lowest BCUT2D eigenvalue weighted by Crippen LogP contribution is -2.35. The van der Waals surface area contributed by atoms with Crippen LogP contribution in [0.4, 0.5) is 0 Å². The maximum atomic E-state index is 5.62. The second-order valence-electron chi connectivity index (χ2n) is 5.79. The average molecular weight is 273 g/mol. The minimum absolute atomic E-state index is 0.644. The quantitative estimate of drug-likeness (QED) is 0.580. The lowest BCUT2D eigenvalue weighted by atomic mass is 9.98. The second-order valence-corrected chi connectivity index (χ2v) is 6.31. The molecule has 0 aromatic rings. The summed E-state index contributed by atoms with van der Waals surface area (Å²) in [4.78, 5) is 3.19. The lowest BCUT2D eigenvalue weighted by molar-refractivity contribution is 0.203. The van der Waals surface area contributed by atoms with Crippen LogP contribution in [0.25, 0.3) is 0 Å². The first-order valence-corrected chi connectivity index (χ1v) is 7.91. The monoisotopic (exact) mass is 272 g/mol. The highest BCUT2D eigenvalue weighted by Gasteiger charge is 2.13. The van der Waals surface area contributed by atoms with Gasteiger partial charge in [0.05, 0.1) is 4.99 Å². The molecule has 2 nitrogen and oxygen atoms in total. The number of nitrogens with two attached hydrogens (primary N) is 1. The number of nitrogens with zero attached hydrogens (tertiary/aromatic N) is 1. The average Bonchev–Trinajstić information content (AvgIpc) is 2.30. The Kier molecular flexibility index (Phi) is 10.7. The maximum absolute atomic E-state index is 5.62. The largest absolute Gasteiger partial charge is 0.393 e. The van der Waals surface area contributed by atoms with E-state index >= 15 is 0 Å². The summed E-state index contributed by atoms with van der Waals surface area (Å²) in [7, 11) is 0. The molecule has 0 saturated heterocycles. The van der Waals surface area contributed by atoms with Crippen molar-refractivity contribution in [2.45, 2.75) is 59.8 Å². The van der Waals surface area contributed by atoms with E-state index in [1.807, 2.05) is 0 Å². The molecule has 0 aliphatic heterocycles. The Labute approximate surface area is 119 Å². The van der Waals surface area contributed by atoms with E-state index in [0.29, 0.717) is 10.9 Å². The highest BCUT2D eigenvalue weighted by atomic mass is 32.1. The van der Waals surface area contributed by atoms with Gasteiger partial charge in [-0.3, -0.25) is 0 Å². The summed E-state index contributed by atoms with van der Waals surface area (Å²) in [5, 5.41) is 0. The van der Waals surface area contributed by atoms with Crippen molar-refractivity contribution in [2.24, 2.45) is 17.6 Å². The molecule has 1 atom stereocenters. The molecule has 0 aromatic heterocycles. The third-order valence-corrected chi connectivity index (χ3v) is 3.56. The van der Waals surface area contributed by atoms with Crippen LogP contribution >= 0.6 is 12.2 Å². The number of rotatable bonds is 11. The first kappa shape index (κ1) is 17.8. The number of hydrogen-bond donors (Lipinski definition) is 1. The molecule has 0 radical (unpaired) electrons. The van der Waals surface area contributed by atoms with Crippen molar-refractivity contribution in [3.63, 3.8) is 0 Å². The summed E-state index contributed by atoms with van der Waals surface area (Å²) in [6.07, 6.45) is 6.14. The van der Waals surface area contributed by atoms with Crippen LogP contribution in [-0.4, -0.2) is 29.5 Å². The maximum Gasteiger partial charge on any atom is 0.0740 e. The smallest absolute Gasteiger partial charge is 0.0740 e. The third kappa shape index (κ3) is 9.84. The van der Waals surface area contributed by atoms with Gasteiger partial charge >= 0.3 is 0 Å². The van der Waals surface area contributed by atoms with Crippen molar-refractivity contribution >= 4 is 17.2 Å². The Morgan fingerprint density at radius 1 is 1.22 bits per heavy atom. The van der Waals surface area contributed by atoms with E-state index in [1.165, 1.54) is 32.2 Å². The minimum atomic E-state index is 0.644. The van der Waals surface area contributed by atoms with Crippen LogP contribution in [-0.2, 0) is 0 Å². The second kappa shape index (κ2) is 10.7. The van der Waals surface area contributed by atoms with Crippen molar-refractivity contribution in [3.05, 3.63) is 0 Å². The van der Waals surface area contributed by atoms with Crippen LogP contribution in [0.2, 0.25) is 0 Å². The van der Waals surface area contributed by atoms with Crippen molar-refractivity contribution < 1.29 is 0 Å². The fraction of sp³-hybridized carbons (Fsp3) is 0.933. The Morgan fingerprint density at radius 3 is 2.33 bits per heavy atom. The van der Waals surface area contributed by atoms with Crippen molar-refractivity contribution in [2.75, 3.05) is 19.6 Å². The first-order valence-electron chi connectivity index (χ1n) is 7.50. The third-order valence-electron chi connectivity index (χ3n) is 3.36. The van der Waals surface area contributed by atoms with Gasteiger partial charge in [0.15, 0.2) is 0 Å². The zero-order valence-electron chi connectivity index (χ0n) is 12.7. The molecule has 0 saturated carbocycles. The molecule has 0 amide bonds. The van der Waals surface area contributed by atoms with Crippen LogP contribution in [0.15, 0.2) is 0 Å². The van der Waals surface area contributed by atoms with Crippen LogP contribution in [0.3, 0.4) is 0 Å². The molecule has 0 aliphatic rings. The predicted molar refractivity (Wildman–Crippen MR) is 86.0 cm³/mol. The summed E-state index contributed by atoms with van der Waals surface area (Å²) in [6, 6.07) is 0. The Morgan fingerprint density at radius 2 is 1.89 bits per heavy atom. The molecular weight excluding hydrogens is 240 g/mol. The van der Waals surface area contributed by atoms with Gasteiger partial charge in [-0.15, -0.1) is 0 Å². The van der Waals surface area contributed by atoms with Gasteiger partial charge < -0.3 is 10.6 Å². The van der Waals surface area contributed by atoms with Crippen molar-refractivity contribution in [1.82, 2.24) is 4.90 Å². The summed E-state index contributed by atoms with van der Waals surface area (Å²) in [5.41, 5.74) is 5.62. The van der Waals surface area contributed by atoms with Crippen LogP contribution in [0.5, 0.6) is 0 Å². The van der Waals surface area contributed by atoms with Crippen LogP contribution in [0.1, 0.15) is 59.8 Å². The minimum Gasteiger partial charge on any atom is -0.393 e. The number of thiocarbonyl (C=S) groups is 1. The van der Waals surface area contributed by atoms with Gasteiger partial charge in [0.1, 0.15) is 0 Å². The predicted octanol–water partition coefficient (Wildman–Crippen LogP) is 3.84. The molecule has 2 N–H and O–H groups in total. The van der Waals surface area contributed by atoms with Gasteiger partial charge in [0.25, 0.3) is 0 Å². The topological polar surface area (TPSA) is 29.3 Å². The zero-order chi connectivity index (χ0) is 14.0. The highest BCUT2D eigenvalue weighted by Crippen LogP contribution is 2.15. The van der Waals surface area contributed by atoms with Crippen LogP contribution < -0.4 is 5.73 Å². The normalized spacial score (nSPS) is 13.2. The summed E-state index contributed by atoms with van der Waals surface area (Å²) < 4.78 is 0. The van der Waals surface area contributed by atoms with Crippen molar-refractivity contribution in [1.29, 1.82) is 0 Å².